The van der Waals surface area contributed by atoms with Gasteiger partial charge in [-0.1, -0.05) is 0 Å². The summed E-state index contributed by atoms with van der Waals surface area (Å²) in [7, 11) is 0. The zero-order valence-corrected chi connectivity index (χ0v) is 5.39. The van der Waals surface area contributed by atoms with Gasteiger partial charge in [-0.3, -0.25) is 4.40 Å². The minimum absolute atomic E-state index is 0.211. The Bertz CT molecular complexity index is 393. The second-order valence-corrected chi connectivity index (χ2v) is 1.89. The highest BCUT2D eigenvalue weighted by Gasteiger charge is 2.00. The van der Waals surface area contributed by atoms with Gasteiger partial charge in [0.25, 0.3) is 5.88 Å². The van der Waals surface area contributed by atoms with Crippen molar-refractivity contribution in [2.24, 2.45) is 4.99 Å². The summed E-state index contributed by atoms with van der Waals surface area (Å²) in [5.74, 6) is 0.627. The van der Waals surface area contributed by atoms with Crippen LogP contribution in [0.3, 0.4) is 0 Å². The summed E-state index contributed by atoms with van der Waals surface area (Å²) in [6.45, 7) is 0. The molecule has 0 aliphatic carbocycles. The quantitative estimate of drug-likeness (QED) is 0.447. The Hall–Kier alpha value is -1.87. The lowest BCUT2D eigenvalue weighted by Crippen LogP contribution is -1.67. The van der Waals surface area contributed by atoms with Gasteiger partial charge >= 0.3 is 5.84 Å². The standard InChI is InChI=1S/C6H3N3O2/c10-4-8-5-3-9-2-1-7-6(9)11-5/h1-3H. The lowest BCUT2D eigenvalue weighted by molar-refractivity contribution is 0.560. The summed E-state index contributed by atoms with van der Waals surface area (Å²) in [6, 6.07) is 0. The largest absolute Gasteiger partial charge is 0.404 e. The number of aliphatic imine (C=N–C) groups is 1. The number of hydrogen-bond acceptors (Lipinski definition) is 4. The first-order chi connectivity index (χ1) is 5.40. The van der Waals surface area contributed by atoms with E-state index in [9.17, 15) is 4.79 Å². The topological polar surface area (TPSA) is 59.9 Å². The summed E-state index contributed by atoms with van der Waals surface area (Å²) in [5.41, 5.74) is 0. The highest BCUT2D eigenvalue weighted by Crippen LogP contribution is 2.14. The van der Waals surface area contributed by atoms with Gasteiger partial charge in [0.2, 0.25) is 6.08 Å². The second kappa shape index (κ2) is 2.07. The summed E-state index contributed by atoms with van der Waals surface area (Å²) in [5, 5.41) is 0. The number of carbonyl (C=O) groups excluding carboxylic acids is 1. The van der Waals surface area contributed by atoms with Crippen molar-refractivity contribution in [3.05, 3.63) is 18.6 Å². The zero-order chi connectivity index (χ0) is 7.68. The lowest BCUT2D eigenvalue weighted by Gasteiger charge is -1.71. The van der Waals surface area contributed by atoms with Crippen LogP contribution >= 0.6 is 0 Å². The molecule has 0 bridgehead atoms. The Morgan fingerprint density at radius 3 is 3.36 bits per heavy atom. The molecule has 0 unspecified atom stereocenters. The third kappa shape index (κ3) is 0.835. The number of aromatic nitrogens is 2. The fourth-order valence-corrected chi connectivity index (χ4v) is 0.812. The maximum absolute atomic E-state index is 9.79. The molecule has 0 amide bonds. The van der Waals surface area contributed by atoms with E-state index in [4.69, 9.17) is 4.42 Å². The molecule has 0 radical (unpaired) electrons. The minimum atomic E-state index is 0.211. The first-order valence-electron chi connectivity index (χ1n) is 2.90. The number of nitrogens with zero attached hydrogens (tertiary/aromatic N) is 3. The number of isocyanates is 1. The molecule has 11 heavy (non-hydrogen) atoms. The molecule has 0 aliphatic rings. The molecular weight excluding hydrogens is 146 g/mol. The molecule has 2 rings (SSSR count). The molecule has 0 fully saturated rings. The van der Waals surface area contributed by atoms with Gasteiger partial charge < -0.3 is 4.42 Å². The molecule has 2 aromatic rings. The van der Waals surface area contributed by atoms with E-state index in [0.717, 1.165) is 0 Å². The van der Waals surface area contributed by atoms with Crippen molar-refractivity contribution >= 4 is 17.8 Å². The van der Waals surface area contributed by atoms with Crippen molar-refractivity contribution in [2.45, 2.75) is 0 Å². The van der Waals surface area contributed by atoms with Gasteiger partial charge in [0.15, 0.2) is 0 Å². The third-order valence-corrected chi connectivity index (χ3v) is 1.23. The molecule has 0 atom stereocenters. The molecule has 5 nitrogen and oxygen atoms in total. The molecule has 0 saturated heterocycles. The van der Waals surface area contributed by atoms with Crippen LogP contribution in [0.15, 0.2) is 28.0 Å². The van der Waals surface area contributed by atoms with Crippen molar-refractivity contribution in [2.75, 3.05) is 0 Å². The van der Waals surface area contributed by atoms with E-state index >= 15 is 0 Å². The Morgan fingerprint density at radius 2 is 2.64 bits per heavy atom. The maximum atomic E-state index is 9.79. The number of imidazole rings is 1. The minimum Gasteiger partial charge on any atom is -0.404 e. The van der Waals surface area contributed by atoms with Crippen LogP contribution in [0.2, 0.25) is 0 Å². The number of rotatable bonds is 1. The van der Waals surface area contributed by atoms with Crippen molar-refractivity contribution in [3.63, 3.8) is 0 Å². The Labute approximate surface area is 61.0 Å². The normalized spacial score (nSPS) is 9.82. The Kier molecular flexibility index (Phi) is 1.11. The average molecular weight is 149 g/mol. The second-order valence-electron chi connectivity index (χ2n) is 1.89. The van der Waals surface area contributed by atoms with Gasteiger partial charge in [0.05, 0.1) is 6.20 Å². The fraction of sp³-hybridized carbons (Fsp3) is 0. The van der Waals surface area contributed by atoms with Crippen LogP contribution in [0.4, 0.5) is 5.88 Å². The zero-order valence-electron chi connectivity index (χ0n) is 5.39. The molecule has 5 heteroatoms. The summed E-state index contributed by atoms with van der Waals surface area (Å²) in [4.78, 5) is 16.9. The van der Waals surface area contributed by atoms with Crippen LogP contribution in [0.25, 0.3) is 5.84 Å². The van der Waals surface area contributed by atoms with Crippen molar-refractivity contribution in [1.29, 1.82) is 0 Å². The van der Waals surface area contributed by atoms with E-state index in [1.54, 1.807) is 23.0 Å². The van der Waals surface area contributed by atoms with Crippen LogP contribution in [-0.2, 0) is 4.79 Å². The molecule has 54 valence electrons. The third-order valence-electron chi connectivity index (χ3n) is 1.23. The molecule has 0 N–H and O–H groups in total. The Morgan fingerprint density at radius 1 is 1.73 bits per heavy atom. The van der Waals surface area contributed by atoms with E-state index in [2.05, 4.69) is 9.98 Å². The van der Waals surface area contributed by atoms with E-state index < -0.39 is 0 Å². The predicted octanol–water partition coefficient (Wildman–Crippen LogP) is 0.895. The number of fused-ring (bicyclic) bond motifs is 1. The van der Waals surface area contributed by atoms with E-state index in [-0.39, 0.29) is 5.88 Å². The molecule has 0 aromatic carbocycles. The number of oxazole rings is 1. The average Bonchev–Trinajstić information content (AvgIpc) is 2.46. The first kappa shape index (κ1) is 5.88. The fourth-order valence-electron chi connectivity index (χ4n) is 0.812. The number of hydrogen-bond donors (Lipinski definition) is 0. The summed E-state index contributed by atoms with van der Waals surface area (Å²) >= 11 is 0. The molecular formula is C6H3N3O2. The summed E-state index contributed by atoms with van der Waals surface area (Å²) < 4.78 is 6.59. The highest BCUT2D eigenvalue weighted by molar-refractivity contribution is 5.44. The summed E-state index contributed by atoms with van der Waals surface area (Å²) in [6.07, 6.45) is 6.21. The van der Waals surface area contributed by atoms with Gasteiger partial charge in [-0.05, 0) is 0 Å². The van der Waals surface area contributed by atoms with E-state index in [1.807, 2.05) is 0 Å². The lowest BCUT2D eigenvalue weighted by atomic mass is 10.8. The van der Waals surface area contributed by atoms with Crippen molar-refractivity contribution in [3.8, 4) is 0 Å². The van der Waals surface area contributed by atoms with Crippen LogP contribution in [-0.4, -0.2) is 15.5 Å². The highest BCUT2D eigenvalue weighted by atomic mass is 16.4. The van der Waals surface area contributed by atoms with Crippen LogP contribution in [0, 0.1) is 0 Å². The molecule has 0 spiro atoms. The van der Waals surface area contributed by atoms with Gasteiger partial charge in [-0.25, -0.2) is 9.78 Å². The smallest absolute Gasteiger partial charge is 0.307 e. The monoisotopic (exact) mass is 149 g/mol. The van der Waals surface area contributed by atoms with Crippen molar-refractivity contribution in [1.82, 2.24) is 9.38 Å². The van der Waals surface area contributed by atoms with Gasteiger partial charge in [-0.2, -0.15) is 0 Å². The first-order valence-corrected chi connectivity index (χ1v) is 2.90. The molecule has 2 aromatic heterocycles. The van der Waals surface area contributed by atoms with Gasteiger partial charge in [0.1, 0.15) is 0 Å². The molecule has 0 aliphatic heterocycles. The molecule has 0 saturated carbocycles. The molecule has 2 heterocycles. The SMILES string of the molecule is O=C=Nc1cn2ccnc2o1. The van der Waals surface area contributed by atoms with E-state index in [0.29, 0.717) is 5.84 Å². The Balaban J connectivity index is 2.67. The predicted molar refractivity (Wildman–Crippen MR) is 35.2 cm³/mol. The van der Waals surface area contributed by atoms with Crippen LogP contribution in [0.1, 0.15) is 0 Å². The van der Waals surface area contributed by atoms with Gasteiger partial charge in [0, 0.05) is 12.4 Å². The van der Waals surface area contributed by atoms with E-state index in [1.165, 1.54) is 6.08 Å². The maximum Gasteiger partial charge on any atom is 0.307 e. The van der Waals surface area contributed by atoms with Crippen LogP contribution < -0.4 is 0 Å². The van der Waals surface area contributed by atoms with Gasteiger partial charge in [-0.15, -0.1) is 4.99 Å². The van der Waals surface area contributed by atoms with Crippen LogP contribution in [0.5, 0.6) is 0 Å². The van der Waals surface area contributed by atoms with Crippen molar-refractivity contribution < 1.29 is 9.21 Å².